The third kappa shape index (κ3) is 2.72. The van der Waals surface area contributed by atoms with Crippen LogP contribution in [0.3, 0.4) is 0 Å². The third-order valence-corrected chi connectivity index (χ3v) is 5.90. The normalized spacial score (nSPS) is 29.4. The summed E-state index contributed by atoms with van der Waals surface area (Å²) in [6.07, 6.45) is 4.79. The number of carbonyl (C=O) groups is 1. The van der Waals surface area contributed by atoms with Crippen LogP contribution in [0.2, 0.25) is 0 Å². The number of esters is 1. The molecule has 0 spiro atoms. The van der Waals surface area contributed by atoms with Gasteiger partial charge in [0.2, 0.25) is 0 Å². The molecule has 0 aromatic heterocycles. The fourth-order valence-electron chi connectivity index (χ4n) is 4.69. The number of hydrogen-bond donors (Lipinski definition) is 1. The van der Waals surface area contributed by atoms with Crippen molar-refractivity contribution in [2.24, 2.45) is 10.8 Å². The van der Waals surface area contributed by atoms with Crippen molar-refractivity contribution in [2.45, 2.75) is 39.5 Å². The maximum absolute atomic E-state index is 11.6. The Morgan fingerprint density at radius 2 is 1.91 bits per heavy atom. The van der Waals surface area contributed by atoms with Crippen molar-refractivity contribution in [1.82, 2.24) is 5.32 Å². The first-order valence-electron chi connectivity index (χ1n) is 8.48. The molecule has 1 aromatic carbocycles. The smallest absolute Gasteiger partial charge is 0.337 e. The predicted molar refractivity (Wildman–Crippen MR) is 92.6 cm³/mol. The van der Waals surface area contributed by atoms with Crippen LogP contribution >= 0.6 is 0 Å². The van der Waals surface area contributed by atoms with Crippen LogP contribution in [0, 0.1) is 10.8 Å². The Bertz CT molecular complexity index is 630. The Hall–Kier alpha value is -1.61. The van der Waals surface area contributed by atoms with Crippen molar-refractivity contribution >= 4 is 5.97 Å². The fourth-order valence-corrected chi connectivity index (χ4v) is 4.69. The average Bonchev–Trinajstić information content (AvgIpc) is 2.54. The Labute approximate surface area is 139 Å². The molecule has 0 amide bonds. The van der Waals surface area contributed by atoms with Crippen LogP contribution in [-0.4, -0.2) is 26.2 Å². The maximum Gasteiger partial charge on any atom is 0.337 e. The van der Waals surface area contributed by atoms with E-state index in [2.05, 4.69) is 44.3 Å². The molecule has 0 bridgehead atoms. The van der Waals surface area contributed by atoms with E-state index in [-0.39, 0.29) is 16.8 Å². The lowest BCUT2D eigenvalue weighted by Gasteiger charge is -2.52. The summed E-state index contributed by atoms with van der Waals surface area (Å²) in [5.74, 6) is 0.222. The van der Waals surface area contributed by atoms with E-state index >= 15 is 0 Å². The van der Waals surface area contributed by atoms with Gasteiger partial charge in [-0.2, -0.15) is 0 Å². The predicted octanol–water partition coefficient (Wildman–Crippen LogP) is 3.91. The number of carbonyl (C=O) groups excluding carboxylic acids is 1. The molecule has 1 N–H and O–H groups in total. The lowest BCUT2D eigenvalue weighted by atomic mass is 9.54. The molecule has 1 saturated carbocycles. The first-order chi connectivity index (χ1) is 10.9. The molecular weight excluding hydrogens is 286 g/mol. The molecule has 3 nitrogen and oxygen atoms in total. The number of fused-ring (bicyclic) bond motifs is 1. The topological polar surface area (TPSA) is 38.3 Å². The Morgan fingerprint density at radius 1 is 1.22 bits per heavy atom. The molecule has 1 fully saturated rings. The number of rotatable bonds is 2. The minimum atomic E-state index is -0.270. The van der Waals surface area contributed by atoms with Crippen molar-refractivity contribution in [3.8, 4) is 0 Å². The second-order valence-electron chi connectivity index (χ2n) is 7.74. The molecule has 1 aliphatic carbocycles. The minimum Gasteiger partial charge on any atom is -0.465 e. The summed E-state index contributed by atoms with van der Waals surface area (Å²) in [6.45, 7) is 9.20. The average molecular weight is 313 g/mol. The zero-order valence-corrected chi connectivity index (χ0v) is 14.6. The van der Waals surface area contributed by atoms with Crippen LogP contribution < -0.4 is 5.32 Å². The van der Waals surface area contributed by atoms with Gasteiger partial charge in [-0.25, -0.2) is 4.79 Å². The summed E-state index contributed by atoms with van der Waals surface area (Å²) >= 11 is 0. The van der Waals surface area contributed by atoms with Crippen LogP contribution in [0.15, 0.2) is 35.9 Å². The molecule has 2 aliphatic rings. The molecule has 0 radical (unpaired) electrons. The number of nitrogens with one attached hydrogen (secondary N) is 1. The minimum absolute atomic E-state index is 0.141. The van der Waals surface area contributed by atoms with Gasteiger partial charge in [-0.3, -0.25) is 0 Å². The Morgan fingerprint density at radius 3 is 2.57 bits per heavy atom. The highest BCUT2D eigenvalue weighted by atomic mass is 16.5. The molecule has 1 unspecified atom stereocenters. The summed E-state index contributed by atoms with van der Waals surface area (Å²) in [7, 11) is 1.42. The van der Waals surface area contributed by atoms with Gasteiger partial charge in [0.05, 0.1) is 12.7 Å². The molecule has 1 aliphatic heterocycles. The van der Waals surface area contributed by atoms with Crippen LogP contribution in [0.5, 0.6) is 0 Å². The van der Waals surface area contributed by atoms with Crippen molar-refractivity contribution in [1.29, 1.82) is 0 Å². The van der Waals surface area contributed by atoms with E-state index in [1.54, 1.807) is 5.57 Å². The molecule has 124 valence electrons. The summed E-state index contributed by atoms with van der Waals surface area (Å²) in [6, 6.07) is 7.98. The monoisotopic (exact) mass is 313 g/mol. The van der Waals surface area contributed by atoms with E-state index in [0.717, 1.165) is 13.1 Å². The summed E-state index contributed by atoms with van der Waals surface area (Å²) < 4.78 is 4.79. The van der Waals surface area contributed by atoms with Gasteiger partial charge in [-0.05, 0) is 41.9 Å². The summed E-state index contributed by atoms with van der Waals surface area (Å²) in [5.41, 5.74) is 3.96. The van der Waals surface area contributed by atoms with E-state index in [0.29, 0.717) is 11.5 Å². The zero-order chi connectivity index (χ0) is 16.7. The molecule has 23 heavy (non-hydrogen) atoms. The van der Waals surface area contributed by atoms with E-state index in [1.807, 2.05) is 12.1 Å². The van der Waals surface area contributed by atoms with E-state index in [1.165, 1.54) is 25.5 Å². The van der Waals surface area contributed by atoms with Gasteiger partial charge in [-0.15, -0.1) is 0 Å². The molecule has 3 heteroatoms. The number of ether oxygens (including phenoxy) is 1. The van der Waals surface area contributed by atoms with Crippen molar-refractivity contribution in [3.05, 3.63) is 47.0 Å². The molecular formula is C20H27NO2. The highest BCUT2D eigenvalue weighted by Gasteiger charge is 2.47. The van der Waals surface area contributed by atoms with Gasteiger partial charge in [0.25, 0.3) is 0 Å². The number of benzene rings is 1. The lowest BCUT2D eigenvalue weighted by Crippen LogP contribution is -2.47. The molecule has 3 rings (SSSR count). The number of hydrogen-bond acceptors (Lipinski definition) is 3. The van der Waals surface area contributed by atoms with Gasteiger partial charge in [0.15, 0.2) is 0 Å². The molecule has 0 saturated heterocycles. The molecule has 2 atom stereocenters. The number of methoxy groups -OCH3 is 1. The van der Waals surface area contributed by atoms with Crippen molar-refractivity contribution < 1.29 is 9.53 Å². The SMILES string of the molecule is COC(=O)c1ccc(C2CC[C@]3(C)CNCC=C3C2(C)C)cc1. The highest BCUT2D eigenvalue weighted by Crippen LogP contribution is 2.57. The van der Waals surface area contributed by atoms with Crippen molar-refractivity contribution in [3.63, 3.8) is 0 Å². The van der Waals surface area contributed by atoms with E-state index < -0.39 is 0 Å². The van der Waals surface area contributed by atoms with Gasteiger partial charge < -0.3 is 10.1 Å². The van der Waals surface area contributed by atoms with Crippen LogP contribution in [-0.2, 0) is 4.74 Å². The highest BCUT2D eigenvalue weighted by molar-refractivity contribution is 5.89. The van der Waals surface area contributed by atoms with Gasteiger partial charge in [0, 0.05) is 18.5 Å². The molecule has 1 aromatic rings. The van der Waals surface area contributed by atoms with E-state index in [9.17, 15) is 4.79 Å². The van der Waals surface area contributed by atoms with E-state index in [4.69, 9.17) is 4.74 Å². The van der Waals surface area contributed by atoms with Crippen molar-refractivity contribution in [2.75, 3.05) is 20.2 Å². The maximum atomic E-state index is 11.6. The summed E-state index contributed by atoms with van der Waals surface area (Å²) in [4.78, 5) is 11.6. The first kappa shape index (κ1) is 16.3. The molecule has 1 heterocycles. The van der Waals surface area contributed by atoms with Crippen LogP contribution in [0.4, 0.5) is 0 Å². The van der Waals surface area contributed by atoms with Crippen LogP contribution in [0.25, 0.3) is 0 Å². The van der Waals surface area contributed by atoms with Gasteiger partial charge >= 0.3 is 5.97 Å². The summed E-state index contributed by atoms with van der Waals surface area (Å²) in [5, 5.41) is 3.52. The quantitative estimate of drug-likeness (QED) is 0.664. The van der Waals surface area contributed by atoms with Gasteiger partial charge in [0.1, 0.15) is 0 Å². The fraction of sp³-hybridized carbons (Fsp3) is 0.550. The van der Waals surface area contributed by atoms with Crippen LogP contribution in [0.1, 0.15) is 55.5 Å². The first-order valence-corrected chi connectivity index (χ1v) is 8.48. The third-order valence-electron chi connectivity index (χ3n) is 5.90. The zero-order valence-electron chi connectivity index (χ0n) is 14.6. The Kier molecular flexibility index (Phi) is 4.09. The van der Waals surface area contributed by atoms with Gasteiger partial charge in [-0.1, -0.05) is 44.6 Å². The second-order valence-corrected chi connectivity index (χ2v) is 7.74. The second kappa shape index (κ2) is 5.79. The largest absolute Gasteiger partial charge is 0.465 e. The lowest BCUT2D eigenvalue weighted by molar-refractivity contribution is 0.0600. The Balaban J connectivity index is 1.91. The standard InChI is InChI=1S/C20H27NO2/c1-19(2)16(9-11-20(3)13-21-12-10-17(19)20)14-5-7-15(8-6-14)18(22)23-4/h5-8,10,16,21H,9,11-13H2,1-4H3/t16?,20-/m1/s1.